The topological polar surface area (TPSA) is 17.8 Å². The van der Waals surface area contributed by atoms with E-state index in [2.05, 4.69) is 9.55 Å². The van der Waals surface area contributed by atoms with Crippen molar-refractivity contribution in [3.05, 3.63) is 50.4 Å². The van der Waals surface area contributed by atoms with Gasteiger partial charge in [0.05, 0.1) is 27.3 Å². The van der Waals surface area contributed by atoms with Crippen LogP contribution < -0.4 is 0 Å². The Morgan fingerprint density at radius 3 is 2.70 bits per heavy atom. The predicted octanol–water partition coefficient (Wildman–Crippen LogP) is 5.75. The third-order valence-electron chi connectivity index (χ3n) is 3.04. The van der Waals surface area contributed by atoms with Crippen LogP contribution in [0.15, 0.2) is 30.3 Å². The van der Waals surface area contributed by atoms with Gasteiger partial charge in [-0.25, -0.2) is 4.98 Å². The third kappa shape index (κ3) is 2.68. The first-order chi connectivity index (χ1) is 9.54. The highest BCUT2D eigenvalue weighted by molar-refractivity contribution is 7.16. The summed E-state index contributed by atoms with van der Waals surface area (Å²) in [5.74, 6) is 0.841. The highest BCUT2D eigenvalue weighted by Gasteiger charge is 2.16. The van der Waals surface area contributed by atoms with Gasteiger partial charge in [-0.1, -0.05) is 23.2 Å². The average Bonchev–Trinajstić information content (AvgIpc) is 2.95. The molecule has 0 fully saturated rings. The van der Waals surface area contributed by atoms with Crippen molar-refractivity contribution in [3.63, 3.8) is 0 Å². The molecule has 0 radical (unpaired) electrons. The van der Waals surface area contributed by atoms with Gasteiger partial charge in [0.1, 0.15) is 5.82 Å². The Morgan fingerprint density at radius 1 is 1.25 bits per heavy atom. The summed E-state index contributed by atoms with van der Waals surface area (Å²) in [5.41, 5.74) is 1.89. The Morgan fingerprint density at radius 2 is 2.05 bits per heavy atom. The van der Waals surface area contributed by atoms with Crippen molar-refractivity contribution in [1.29, 1.82) is 0 Å². The SMILES string of the molecule is CC(Cl)c1nc2ccc(Cl)cc2n1Cc1ccc(Cl)s1. The van der Waals surface area contributed by atoms with Gasteiger partial charge in [-0.3, -0.25) is 0 Å². The first-order valence-electron chi connectivity index (χ1n) is 6.08. The lowest BCUT2D eigenvalue weighted by molar-refractivity contribution is 0.750. The van der Waals surface area contributed by atoms with E-state index in [1.54, 1.807) is 11.3 Å². The van der Waals surface area contributed by atoms with Crippen molar-refractivity contribution >= 4 is 57.2 Å². The molecule has 2 heterocycles. The predicted molar refractivity (Wildman–Crippen MR) is 87.4 cm³/mol. The molecule has 0 aliphatic heterocycles. The molecule has 3 aromatic rings. The summed E-state index contributed by atoms with van der Waals surface area (Å²) in [7, 11) is 0. The highest BCUT2D eigenvalue weighted by Crippen LogP contribution is 2.29. The molecule has 0 aliphatic carbocycles. The largest absolute Gasteiger partial charge is 0.321 e. The van der Waals surface area contributed by atoms with Crippen LogP contribution in [0, 0.1) is 0 Å². The second-order valence-corrected chi connectivity index (χ2v) is 7.40. The maximum atomic E-state index is 6.25. The van der Waals surface area contributed by atoms with Gasteiger partial charge in [-0.15, -0.1) is 22.9 Å². The second-order valence-electron chi connectivity index (χ2n) is 4.51. The summed E-state index contributed by atoms with van der Waals surface area (Å²) in [5, 5.41) is 0.522. The van der Waals surface area contributed by atoms with E-state index in [1.165, 1.54) is 0 Å². The van der Waals surface area contributed by atoms with Gasteiger partial charge >= 0.3 is 0 Å². The molecule has 0 spiro atoms. The van der Waals surface area contributed by atoms with E-state index in [0.717, 1.165) is 26.1 Å². The third-order valence-corrected chi connectivity index (χ3v) is 4.68. The lowest BCUT2D eigenvalue weighted by Gasteiger charge is -2.09. The number of aromatic nitrogens is 2. The lowest BCUT2D eigenvalue weighted by Crippen LogP contribution is -2.04. The van der Waals surface area contributed by atoms with Gasteiger partial charge in [0, 0.05) is 9.90 Å². The van der Waals surface area contributed by atoms with Gasteiger partial charge in [0.25, 0.3) is 0 Å². The second kappa shape index (κ2) is 5.57. The minimum atomic E-state index is -0.170. The van der Waals surface area contributed by atoms with Crippen LogP contribution in [0.5, 0.6) is 0 Å². The van der Waals surface area contributed by atoms with E-state index in [0.29, 0.717) is 11.6 Å². The van der Waals surface area contributed by atoms with E-state index in [-0.39, 0.29) is 5.38 Å². The monoisotopic (exact) mass is 344 g/mol. The van der Waals surface area contributed by atoms with Crippen LogP contribution in [0.3, 0.4) is 0 Å². The summed E-state index contributed by atoms with van der Waals surface area (Å²) >= 11 is 19.9. The fourth-order valence-electron chi connectivity index (χ4n) is 2.18. The van der Waals surface area contributed by atoms with Crippen LogP contribution in [0.4, 0.5) is 0 Å². The molecular weight excluding hydrogens is 335 g/mol. The van der Waals surface area contributed by atoms with Crippen LogP contribution in [0.2, 0.25) is 9.36 Å². The first-order valence-corrected chi connectivity index (χ1v) is 8.09. The summed E-state index contributed by atoms with van der Waals surface area (Å²) < 4.78 is 2.88. The Balaban J connectivity index is 2.15. The molecule has 0 saturated carbocycles. The van der Waals surface area contributed by atoms with Gasteiger partial charge in [0.15, 0.2) is 0 Å². The van der Waals surface area contributed by atoms with Crippen molar-refractivity contribution in [2.75, 3.05) is 0 Å². The molecule has 1 unspecified atom stereocenters. The van der Waals surface area contributed by atoms with Crippen molar-refractivity contribution in [3.8, 4) is 0 Å². The Hall–Kier alpha value is -0.740. The molecule has 0 bridgehead atoms. The van der Waals surface area contributed by atoms with Gasteiger partial charge in [0.2, 0.25) is 0 Å². The number of hydrogen-bond acceptors (Lipinski definition) is 2. The molecule has 104 valence electrons. The average molecular weight is 346 g/mol. The maximum absolute atomic E-state index is 6.25. The van der Waals surface area contributed by atoms with Crippen LogP contribution in [0.1, 0.15) is 23.0 Å². The molecule has 0 N–H and O–H groups in total. The van der Waals surface area contributed by atoms with E-state index < -0.39 is 0 Å². The summed E-state index contributed by atoms with van der Waals surface area (Å²) in [6.07, 6.45) is 0. The molecule has 20 heavy (non-hydrogen) atoms. The van der Waals surface area contributed by atoms with Gasteiger partial charge in [-0.2, -0.15) is 0 Å². The van der Waals surface area contributed by atoms with Crippen LogP contribution >= 0.6 is 46.1 Å². The number of fused-ring (bicyclic) bond motifs is 1. The molecule has 2 aromatic heterocycles. The Bertz CT molecular complexity index is 761. The van der Waals surface area contributed by atoms with Crippen LogP contribution in [-0.2, 0) is 6.54 Å². The summed E-state index contributed by atoms with van der Waals surface area (Å²) in [6, 6.07) is 9.59. The number of imidazole rings is 1. The molecule has 2 nitrogen and oxygen atoms in total. The molecule has 0 amide bonds. The number of alkyl halides is 1. The van der Waals surface area contributed by atoms with Gasteiger partial charge < -0.3 is 4.57 Å². The van der Waals surface area contributed by atoms with Crippen LogP contribution in [-0.4, -0.2) is 9.55 Å². The minimum Gasteiger partial charge on any atom is -0.321 e. The minimum absolute atomic E-state index is 0.170. The van der Waals surface area contributed by atoms with Crippen molar-refractivity contribution in [1.82, 2.24) is 9.55 Å². The zero-order chi connectivity index (χ0) is 14.3. The summed E-state index contributed by atoms with van der Waals surface area (Å²) in [6.45, 7) is 2.61. The van der Waals surface area contributed by atoms with E-state index in [1.807, 2.05) is 37.3 Å². The first kappa shape index (κ1) is 14.2. The molecule has 0 aliphatic rings. The molecule has 6 heteroatoms. The van der Waals surface area contributed by atoms with E-state index in [9.17, 15) is 0 Å². The zero-order valence-electron chi connectivity index (χ0n) is 10.6. The smallest absolute Gasteiger partial charge is 0.128 e. The standard InChI is InChI=1S/C14H11Cl3N2S/c1-8(15)14-18-11-4-2-9(16)6-12(11)19(14)7-10-3-5-13(17)20-10/h2-6,8H,7H2,1H3. The fourth-order valence-corrected chi connectivity index (χ4v) is 3.59. The number of halogens is 3. The normalized spacial score (nSPS) is 13.0. The number of rotatable bonds is 3. The quantitative estimate of drug-likeness (QED) is 0.552. The summed E-state index contributed by atoms with van der Waals surface area (Å²) in [4.78, 5) is 5.76. The highest BCUT2D eigenvalue weighted by atomic mass is 35.5. The lowest BCUT2D eigenvalue weighted by atomic mass is 10.3. The molecule has 1 aromatic carbocycles. The number of nitrogens with zero attached hydrogens (tertiary/aromatic N) is 2. The van der Waals surface area contributed by atoms with Crippen molar-refractivity contribution < 1.29 is 0 Å². The number of hydrogen-bond donors (Lipinski definition) is 0. The maximum Gasteiger partial charge on any atom is 0.128 e. The van der Waals surface area contributed by atoms with E-state index in [4.69, 9.17) is 34.8 Å². The molecule has 0 saturated heterocycles. The Labute approximate surface area is 135 Å². The zero-order valence-corrected chi connectivity index (χ0v) is 13.7. The molecular formula is C14H11Cl3N2S. The van der Waals surface area contributed by atoms with Gasteiger partial charge in [-0.05, 0) is 37.3 Å². The molecule has 3 rings (SSSR count). The molecule has 1 atom stereocenters. The van der Waals surface area contributed by atoms with Crippen LogP contribution in [0.25, 0.3) is 11.0 Å². The fraction of sp³-hybridized carbons (Fsp3) is 0.214. The van der Waals surface area contributed by atoms with Crippen molar-refractivity contribution in [2.24, 2.45) is 0 Å². The van der Waals surface area contributed by atoms with E-state index >= 15 is 0 Å². The van der Waals surface area contributed by atoms with Crippen molar-refractivity contribution in [2.45, 2.75) is 18.8 Å². The Kier molecular flexibility index (Phi) is 3.95. The number of benzene rings is 1. The number of thiophene rings is 1.